The zero-order chi connectivity index (χ0) is 16.9. The quantitative estimate of drug-likeness (QED) is 0.862. The molecule has 0 saturated carbocycles. The summed E-state index contributed by atoms with van der Waals surface area (Å²) in [6.07, 6.45) is 4.69. The molecule has 0 bridgehead atoms. The SMILES string of the molecule is CC(C)C[C@@H](NC(=O)c1csc([C@@H]2CCCO2)n1)c1ccccn1. The van der Waals surface area contributed by atoms with E-state index in [-0.39, 0.29) is 18.1 Å². The molecule has 0 aromatic carbocycles. The van der Waals surface area contributed by atoms with Crippen LogP contribution in [0.15, 0.2) is 29.8 Å². The molecule has 1 aliphatic heterocycles. The fourth-order valence-corrected chi connectivity index (χ4v) is 3.73. The van der Waals surface area contributed by atoms with Gasteiger partial charge in [0.05, 0.1) is 11.7 Å². The van der Waals surface area contributed by atoms with Crippen molar-refractivity contribution in [2.75, 3.05) is 6.61 Å². The molecule has 128 valence electrons. The van der Waals surface area contributed by atoms with E-state index in [2.05, 4.69) is 29.1 Å². The minimum absolute atomic E-state index is 0.0544. The van der Waals surface area contributed by atoms with Crippen molar-refractivity contribution in [3.05, 3.63) is 46.2 Å². The Hall–Kier alpha value is -1.79. The molecule has 0 unspecified atom stereocenters. The molecule has 1 amide bonds. The predicted molar refractivity (Wildman–Crippen MR) is 93.9 cm³/mol. The standard InChI is InChI=1S/C18H23N3O2S/c1-12(2)10-14(13-6-3-4-8-19-13)20-17(22)15-11-24-18(21-15)16-7-5-9-23-16/h3-4,6,8,11-12,14,16H,5,7,9-10H2,1-2H3,(H,20,22)/t14-,16+/m1/s1. The Kier molecular flexibility index (Phi) is 5.58. The summed E-state index contributed by atoms with van der Waals surface area (Å²) in [7, 11) is 0. The number of carbonyl (C=O) groups is 1. The van der Waals surface area contributed by atoms with Gasteiger partial charge in [-0.1, -0.05) is 19.9 Å². The lowest BCUT2D eigenvalue weighted by molar-refractivity contribution is 0.0923. The number of carbonyl (C=O) groups excluding carboxylic acids is 1. The van der Waals surface area contributed by atoms with E-state index in [1.807, 2.05) is 23.6 Å². The normalized spacial score (nSPS) is 18.7. The highest BCUT2D eigenvalue weighted by Crippen LogP contribution is 2.30. The van der Waals surface area contributed by atoms with Crippen molar-refractivity contribution >= 4 is 17.2 Å². The molecule has 2 aromatic heterocycles. The van der Waals surface area contributed by atoms with E-state index in [0.29, 0.717) is 11.6 Å². The van der Waals surface area contributed by atoms with Gasteiger partial charge in [0.2, 0.25) is 0 Å². The number of hydrogen-bond donors (Lipinski definition) is 1. The predicted octanol–water partition coefficient (Wildman–Crippen LogP) is 3.91. The fourth-order valence-electron chi connectivity index (χ4n) is 2.85. The molecule has 0 aliphatic carbocycles. The topological polar surface area (TPSA) is 64.1 Å². The van der Waals surface area contributed by atoms with Crippen molar-refractivity contribution in [2.45, 2.75) is 45.3 Å². The van der Waals surface area contributed by atoms with Crippen LogP contribution in [0.25, 0.3) is 0 Å². The van der Waals surface area contributed by atoms with Gasteiger partial charge in [0.1, 0.15) is 16.8 Å². The van der Waals surface area contributed by atoms with Crippen LogP contribution in [0, 0.1) is 5.92 Å². The van der Waals surface area contributed by atoms with Crippen LogP contribution in [0.1, 0.15) is 66.4 Å². The van der Waals surface area contributed by atoms with Gasteiger partial charge in [0, 0.05) is 18.2 Å². The molecular weight excluding hydrogens is 322 g/mol. The van der Waals surface area contributed by atoms with Gasteiger partial charge >= 0.3 is 0 Å². The summed E-state index contributed by atoms with van der Waals surface area (Å²) < 4.78 is 5.64. The number of rotatable bonds is 6. The van der Waals surface area contributed by atoms with Crippen LogP contribution in [0.4, 0.5) is 0 Å². The van der Waals surface area contributed by atoms with E-state index < -0.39 is 0 Å². The van der Waals surface area contributed by atoms with Gasteiger partial charge < -0.3 is 10.1 Å². The number of nitrogens with one attached hydrogen (secondary N) is 1. The number of aromatic nitrogens is 2. The minimum Gasteiger partial charge on any atom is -0.371 e. The first-order valence-electron chi connectivity index (χ1n) is 8.42. The lowest BCUT2D eigenvalue weighted by atomic mass is 10.0. The van der Waals surface area contributed by atoms with Gasteiger partial charge in [-0.3, -0.25) is 9.78 Å². The summed E-state index contributed by atoms with van der Waals surface area (Å²) in [5.74, 6) is 0.307. The number of amides is 1. The molecule has 1 N–H and O–H groups in total. The van der Waals surface area contributed by atoms with Crippen molar-refractivity contribution in [2.24, 2.45) is 5.92 Å². The maximum atomic E-state index is 12.6. The van der Waals surface area contributed by atoms with Crippen LogP contribution < -0.4 is 5.32 Å². The lowest BCUT2D eigenvalue weighted by Gasteiger charge is -2.19. The van der Waals surface area contributed by atoms with Crippen LogP contribution in [0.5, 0.6) is 0 Å². The van der Waals surface area contributed by atoms with E-state index >= 15 is 0 Å². The number of nitrogens with zero attached hydrogens (tertiary/aromatic N) is 2. The molecule has 3 heterocycles. The van der Waals surface area contributed by atoms with Gasteiger partial charge in [0.15, 0.2) is 0 Å². The van der Waals surface area contributed by atoms with Crippen LogP contribution in [-0.2, 0) is 4.74 Å². The number of thiazole rings is 1. The van der Waals surface area contributed by atoms with Crippen molar-refractivity contribution < 1.29 is 9.53 Å². The fraction of sp³-hybridized carbons (Fsp3) is 0.500. The highest BCUT2D eigenvalue weighted by Gasteiger charge is 2.24. The van der Waals surface area contributed by atoms with Gasteiger partial charge in [-0.05, 0) is 37.3 Å². The smallest absolute Gasteiger partial charge is 0.271 e. The van der Waals surface area contributed by atoms with Crippen molar-refractivity contribution in [3.63, 3.8) is 0 Å². The monoisotopic (exact) mass is 345 g/mol. The first-order chi connectivity index (χ1) is 11.6. The van der Waals surface area contributed by atoms with Gasteiger partial charge in [0.25, 0.3) is 5.91 Å². The number of hydrogen-bond acceptors (Lipinski definition) is 5. The third kappa shape index (κ3) is 4.19. The second-order valence-electron chi connectivity index (χ2n) is 6.48. The summed E-state index contributed by atoms with van der Waals surface area (Å²) in [5, 5.41) is 5.80. The zero-order valence-electron chi connectivity index (χ0n) is 14.1. The largest absolute Gasteiger partial charge is 0.371 e. The maximum absolute atomic E-state index is 12.6. The minimum atomic E-state index is -0.146. The van der Waals surface area contributed by atoms with Crippen LogP contribution in [-0.4, -0.2) is 22.5 Å². The maximum Gasteiger partial charge on any atom is 0.271 e. The lowest BCUT2D eigenvalue weighted by Crippen LogP contribution is -2.30. The third-order valence-corrected chi connectivity index (χ3v) is 4.95. The first kappa shape index (κ1) is 17.0. The Bertz CT molecular complexity index is 666. The molecular formula is C18H23N3O2S. The Morgan fingerprint density at radius 3 is 3.00 bits per heavy atom. The van der Waals surface area contributed by atoms with E-state index in [4.69, 9.17) is 4.74 Å². The van der Waals surface area contributed by atoms with Crippen molar-refractivity contribution in [3.8, 4) is 0 Å². The first-order valence-corrected chi connectivity index (χ1v) is 9.30. The van der Waals surface area contributed by atoms with E-state index in [9.17, 15) is 4.79 Å². The Morgan fingerprint density at radius 1 is 1.46 bits per heavy atom. The molecule has 1 aliphatic rings. The highest BCUT2D eigenvalue weighted by molar-refractivity contribution is 7.09. The van der Waals surface area contributed by atoms with Gasteiger partial charge in [-0.25, -0.2) is 4.98 Å². The molecule has 1 fully saturated rings. The number of pyridine rings is 1. The molecule has 2 aromatic rings. The Labute approximate surface area is 146 Å². The van der Waals surface area contributed by atoms with Crippen LogP contribution >= 0.6 is 11.3 Å². The van der Waals surface area contributed by atoms with E-state index in [1.165, 1.54) is 11.3 Å². The molecule has 1 saturated heterocycles. The van der Waals surface area contributed by atoms with Crippen LogP contribution in [0.3, 0.4) is 0 Å². The molecule has 2 atom stereocenters. The summed E-state index contributed by atoms with van der Waals surface area (Å²) in [6, 6.07) is 5.67. The Balaban J connectivity index is 1.71. The average Bonchev–Trinajstić information content (AvgIpc) is 3.25. The summed E-state index contributed by atoms with van der Waals surface area (Å²) in [4.78, 5) is 21.5. The van der Waals surface area contributed by atoms with Crippen LogP contribution in [0.2, 0.25) is 0 Å². The van der Waals surface area contributed by atoms with Crippen molar-refractivity contribution in [1.29, 1.82) is 0 Å². The summed E-state index contributed by atoms with van der Waals surface area (Å²) >= 11 is 1.50. The zero-order valence-corrected chi connectivity index (χ0v) is 14.9. The Morgan fingerprint density at radius 2 is 2.33 bits per heavy atom. The molecule has 0 spiro atoms. The van der Waals surface area contributed by atoms with Gasteiger partial charge in [-0.15, -0.1) is 11.3 Å². The summed E-state index contributed by atoms with van der Waals surface area (Å²) in [6.45, 7) is 5.06. The molecule has 0 radical (unpaired) electrons. The van der Waals surface area contributed by atoms with Gasteiger partial charge in [-0.2, -0.15) is 0 Å². The van der Waals surface area contributed by atoms with E-state index in [0.717, 1.165) is 36.6 Å². The molecule has 6 heteroatoms. The van der Waals surface area contributed by atoms with E-state index in [1.54, 1.807) is 6.20 Å². The number of ether oxygens (including phenoxy) is 1. The second-order valence-corrected chi connectivity index (χ2v) is 7.37. The summed E-state index contributed by atoms with van der Waals surface area (Å²) in [5.41, 5.74) is 1.35. The second kappa shape index (κ2) is 7.85. The molecule has 5 nitrogen and oxygen atoms in total. The van der Waals surface area contributed by atoms with Crippen molar-refractivity contribution in [1.82, 2.24) is 15.3 Å². The highest BCUT2D eigenvalue weighted by atomic mass is 32.1. The average molecular weight is 345 g/mol. The molecule has 24 heavy (non-hydrogen) atoms. The molecule has 3 rings (SSSR count). The third-order valence-electron chi connectivity index (χ3n) is 4.02.